The molecule has 0 spiro atoms. The van der Waals surface area contributed by atoms with E-state index in [1.54, 1.807) is 23.2 Å². The maximum atomic E-state index is 5.58. The van der Waals surface area contributed by atoms with Gasteiger partial charge in [-0.05, 0) is 38.0 Å². The number of nitrogens with zero attached hydrogens (tertiary/aromatic N) is 8. The van der Waals surface area contributed by atoms with Crippen molar-refractivity contribution in [3.8, 4) is 11.4 Å². The van der Waals surface area contributed by atoms with Crippen molar-refractivity contribution >= 4 is 11.3 Å². The van der Waals surface area contributed by atoms with Crippen molar-refractivity contribution < 1.29 is 4.52 Å². The van der Waals surface area contributed by atoms with Crippen molar-refractivity contribution in [3.05, 3.63) is 48.5 Å². The van der Waals surface area contributed by atoms with Gasteiger partial charge in [-0.25, -0.2) is 0 Å². The molecule has 1 fully saturated rings. The van der Waals surface area contributed by atoms with E-state index in [4.69, 9.17) is 4.52 Å². The van der Waals surface area contributed by atoms with Crippen LogP contribution in [-0.4, -0.2) is 48.0 Å². The van der Waals surface area contributed by atoms with E-state index in [-0.39, 0.29) is 5.92 Å². The minimum Gasteiger partial charge on any atom is -0.368 e. The predicted octanol–water partition coefficient (Wildman–Crippen LogP) is 2.26. The van der Waals surface area contributed by atoms with Crippen LogP contribution in [0.5, 0.6) is 0 Å². The van der Waals surface area contributed by atoms with Gasteiger partial charge in [0, 0.05) is 31.0 Å². The Morgan fingerprint density at radius 2 is 2.26 bits per heavy atom. The van der Waals surface area contributed by atoms with Gasteiger partial charge in [-0.15, -0.1) is 10.2 Å². The van der Waals surface area contributed by atoms with Crippen molar-refractivity contribution in [2.75, 3.05) is 18.0 Å². The van der Waals surface area contributed by atoms with Crippen LogP contribution >= 0.6 is 0 Å². The molecule has 5 heterocycles. The van der Waals surface area contributed by atoms with Crippen LogP contribution in [0, 0.1) is 6.92 Å². The average Bonchev–Trinajstić information content (AvgIpc) is 3.38. The number of piperidine rings is 1. The minimum absolute atomic E-state index is 0.174. The third-order valence-electron chi connectivity index (χ3n) is 4.84. The summed E-state index contributed by atoms with van der Waals surface area (Å²) in [5.74, 6) is 1.42. The van der Waals surface area contributed by atoms with Gasteiger partial charge in [-0.3, -0.25) is 4.98 Å². The van der Waals surface area contributed by atoms with Gasteiger partial charge in [0.1, 0.15) is 6.33 Å². The third-order valence-corrected chi connectivity index (χ3v) is 4.84. The second-order valence-corrected chi connectivity index (χ2v) is 6.75. The van der Waals surface area contributed by atoms with Crippen molar-refractivity contribution in [2.24, 2.45) is 0 Å². The summed E-state index contributed by atoms with van der Waals surface area (Å²) in [7, 11) is 0. The van der Waals surface area contributed by atoms with Gasteiger partial charge in [0.25, 0.3) is 0 Å². The number of anilines is 1. The van der Waals surface area contributed by atoms with E-state index in [0.717, 1.165) is 48.5 Å². The Morgan fingerprint density at radius 1 is 1.30 bits per heavy atom. The fourth-order valence-electron chi connectivity index (χ4n) is 3.58. The molecule has 0 N–H and O–H groups in total. The Bertz CT molecular complexity index is 1070. The molecule has 9 nitrogen and oxygen atoms in total. The van der Waals surface area contributed by atoms with Crippen LogP contribution in [0.15, 0.2) is 41.4 Å². The SMILES string of the molecule is Cc1cc(N2CCCC(c3nc(-c4cccnc4)no3)C2)c2nncn2n1. The molecule has 136 valence electrons. The Kier molecular flexibility index (Phi) is 3.77. The van der Waals surface area contributed by atoms with E-state index < -0.39 is 0 Å². The first-order valence-corrected chi connectivity index (χ1v) is 8.94. The smallest absolute Gasteiger partial charge is 0.231 e. The van der Waals surface area contributed by atoms with Gasteiger partial charge < -0.3 is 9.42 Å². The Hall–Kier alpha value is -3.36. The first-order valence-electron chi connectivity index (χ1n) is 8.94. The summed E-state index contributed by atoms with van der Waals surface area (Å²) in [5, 5.41) is 16.8. The number of fused-ring (bicyclic) bond motifs is 1. The van der Waals surface area contributed by atoms with Crippen molar-refractivity contribution in [2.45, 2.75) is 25.7 Å². The molecule has 27 heavy (non-hydrogen) atoms. The van der Waals surface area contributed by atoms with E-state index in [2.05, 4.69) is 41.4 Å². The van der Waals surface area contributed by atoms with Crippen LogP contribution in [0.25, 0.3) is 17.0 Å². The lowest BCUT2D eigenvalue weighted by Gasteiger charge is -2.32. The maximum Gasteiger partial charge on any atom is 0.231 e. The van der Waals surface area contributed by atoms with E-state index in [1.807, 2.05) is 19.1 Å². The lowest BCUT2D eigenvalue weighted by molar-refractivity contribution is 0.333. The topological polar surface area (TPSA) is 98.1 Å². The highest BCUT2D eigenvalue weighted by Gasteiger charge is 2.28. The molecular formula is C18H18N8O. The van der Waals surface area contributed by atoms with Crippen LogP contribution in [-0.2, 0) is 0 Å². The van der Waals surface area contributed by atoms with Crippen LogP contribution in [0.3, 0.4) is 0 Å². The minimum atomic E-state index is 0.174. The zero-order chi connectivity index (χ0) is 18.2. The number of hydrogen-bond acceptors (Lipinski definition) is 8. The fraction of sp³-hybridized carbons (Fsp3) is 0.333. The van der Waals surface area contributed by atoms with Crippen molar-refractivity contribution in [1.82, 2.24) is 34.9 Å². The second-order valence-electron chi connectivity index (χ2n) is 6.75. The highest BCUT2D eigenvalue weighted by molar-refractivity contribution is 5.68. The van der Waals surface area contributed by atoms with Crippen molar-refractivity contribution in [3.63, 3.8) is 0 Å². The van der Waals surface area contributed by atoms with Crippen LogP contribution < -0.4 is 4.90 Å². The lowest BCUT2D eigenvalue weighted by Crippen LogP contribution is -2.35. The molecule has 5 rings (SSSR count). The standard InChI is InChI=1S/C18H18N8O/c1-12-8-15(17-22-20-11-26(17)23-12)25-7-3-5-14(10-25)18-21-16(24-27-18)13-4-2-6-19-9-13/h2,4,6,8-9,11,14H,3,5,7,10H2,1H3. The van der Waals surface area contributed by atoms with Crippen molar-refractivity contribution in [1.29, 1.82) is 0 Å². The monoisotopic (exact) mass is 362 g/mol. The Labute approximate surface area is 155 Å². The van der Waals surface area contributed by atoms with E-state index in [0.29, 0.717) is 11.7 Å². The summed E-state index contributed by atoms with van der Waals surface area (Å²) < 4.78 is 7.30. The number of aryl methyl sites for hydroxylation is 1. The first kappa shape index (κ1) is 15.9. The molecule has 4 aromatic heterocycles. The molecular weight excluding hydrogens is 344 g/mol. The summed E-state index contributed by atoms with van der Waals surface area (Å²) in [6.07, 6.45) is 7.15. The highest BCUT2D eigenvalue weighted by atomic mass is 16.5. The summed E-state index contributed by atoms with van der Waals surface area (Å²) in [5.41, 5.74) is 3.59. The van der Waals surface area contributed by atoms with Gasteiger partial charge in [-0.1, -0.05) is 5.16 Å². The summed E-state index contributed by atoms with van der Waals surface area (Å²) in [6, 6.07) is 5.85. The van der Waals surface area contributed by atoms with Gasteiger partial charge >= 0.3 is 0 Å². The van der Waals surface area contributed by atoms with Gasteiger partial charge in [0.2, 0.25) is 17.4 Å². The van der Waals surface area contributed by atoms with Gasteiger partial charge in [0.05, 0.1) is 17.3 Å². The number of aromatic nitrogens is 7. The van der Waals surface area contributed by atoms with Crippen LogP contribution in [0.4, 0.5) is 5.69 Å². The summed E-state index contributed by atoms with van der Waals surface area (Å²) in [6.45, 7) is 3.72. The Morgan fingerprint density at radius 3 is 3.15 bits per heavy atom. The molecule has 4 aromatic rings. The van der Waals surface area contributed by atoms with Gasteiger partial charge in [0.15, 0.2) is 0 Å². The summed E-state index contributed by atoms with van der Waals surface area (Å²) in [4.78, 5) is 11.0. The molecule has 1 aliphatic heterocycles. The molecule has 0 saturated carbocycles. The first-order chi connectivity index (χ1) is 13.3. The average molecular weight is 362 g/mol. The molecule has 0 radical (unpaired) electrons. The van der Waals surface area contributed by atoms with Gasteiger partial charge in [-0.2, -0.15) is 14.6 Å². The quantitative estimate of drug-likeness (QED) is 0.547. The highest BCUT2D eigenvalue weighted by Crippen LogP contribution is 2.31. The number of rotatable bonds is 3. The maximum absolute atomic E-state index is 5.58. The number of pyridine rings is 1. The molecule has 1 unspecified atom stereocenters. The molecule has 1 saturated heterocycles. The fourth-order valence-corrected chi connectivity index (χ4v) is 3.58. The van der Waals surface area contributed by atoms with E-state index in [1.165, 1.54) is 0 Å². The summed E-state index contributed by atoms with van der Waals surface area (Å²) >= 11 is 0. The number of hydrogen-bond donors (Lipinski definition) is 0. The lowest BCUT2D eigenvalue weighted by atomic mass is 9.97. The third kappa shape index (κ3) is 2.90. The van der Waals surface area contributed by atoms with E-state index >= 15 is 0 Å². The molecule has 1 aliphatic rings. The molecule has 9 heteroatoms. The molecule has 1 atom stereocenters. The molecule has 0 amide bonds. The zero-order valence-corrected chi connectivity index (χ0v) is 14.9. The van der Waals surface area contributed by atoms with Crippen LogP contribution in [0.1, 0.15) is 30.3 Å². The van der Waals surface area contributed by atoms with E-state index in [9.17, 15) is 0 Å². The Balaban J connectivity index is 1.43. The molecule has 0 aromatic carbocycles. The zero-order valence-electron chi connectivity index (χ0n) is 14.9. The largest absolute Gasteiger partial charge is 0.368 e. The molecule has 0 bridgehead atoms. The van der Waals surface area contributed by atoms with Crippen LogP contribution in [0.2, 0.25) is 0 Å². The molecule has 0 aliphatic carbocycles. The normalized spacial score (nSPS) is 17.5. The predicted molar refractivity (Wildman–Crippen MR) is 97.2 cm³/mol. The second kappa shape index (κ2) is 6.42.